The Kier molecular flexibility index (Phi) is 3.95. The zero-order valence-electron chi connectivity index (χ0n) is 11.8. The number of esters is 1. The molecule has 19 heavy (non-hydrogen) atoms. The molecule has 1 aliphatic carbocycles. The summed E-state index contributed by atoms with van der Waals surface area (Å²) >= 11 is 0. The van der Waals surface area contributed by atoms with Crippen molar-refractivity contribution in [1.82, 2.24) is 0 Å². The van der Waals surface area contributed by atoms with Crippen molar-refractivity contribution in [1.29, 1.82) is 0 Å². The van der Waals surface area contributed by atoms with Gasteiger partial charge in [0.25, 0.3) is 0 Å². The van der Waals surface area contributed by atoms with Crippen LogP contribution in [0.5, 0.6) is 0 Å². The Morgan fingerprint density at radius 2 is 1.95 bits per heavy atom. The van der Waals surface area contributed by atoms with Gasteiger partial charge >= 0.3 is 5.97 Å². The van der Waals surface area contributed by atoms with Crippen LogP contribution in [0.25, 0.3) is 0 Å². The van der Waals surface area contributed by atoms with Crippen LogP contribution >= 0.6 is 0 Å². The van der Waals surface area contributed by atoms with Gasteiger partial charge in [0.1, 0.15) is 0 Å². The fraction of sp³-hybridized carbons (Fsp3) is 0.562. The average molecular weight is 262 g/mol. The van der Waals surface area contributed by atoms with Gasteiger partial charge in [0, 0.05) is 0 Å². The highest BCUT2D eigenvalue weighted by molar-refractivity contribution is 5.89. The van der Waals surface area contributed by atoms with Crippen LogP contribution in [0.1, 0.15) is 55.6 Å². The third-order valence-electron chi connectivity index (χ3n) is 3.84. The Hall–Kier alpha value is -1.35. The summed E-state index contributed by atoms with van der Waals surface area (Å²) in [6, 6.07) is 7.09. The lowest BCUT2D eigenvalue weighted by atomic mass is 9.62. The SMILES string of the molecule is CCOC(=O)c1ccc([C@H](O)C2CC(C)(C)C2)cc1. The number of aliphatic hydroxyl groups is 1. The van der Waals surface area contributed by atoms with Crippen LogP contribution in [0.15, 0.2) is 24.3 Å². The molecule has 1 aromatic carbocycles. The van der Waals surface area contributed by atoms with Crippen molar-refractivity contribution in [3.63, 3.8) is 0 Å². The second-order valence-corrected chi connectivity index (χ2v) is 6.12. The van der Waals surface area contributed by atoms with Gasteiger partial charge in [-0.25, -0.2) is 4.79 Å². The van der Waals surface area contributed by atoms with Gasteiger partial charge in [0.2, 0.25) is 0 Å². The van der Waals surface area contributed by atoms with E-state index in [1.54, 1.807) is 19.1 Å². The van der Waals surface area contributed by atoms with Gasteiger partial charge in [-0.05, 0) is 48.8 Å². The van der Waals surface area contributed by atoms with Crippen molar-refractivity contribution < 1.29 is 14.6 Å². The molecule has 3 nitrogen and oxygen atoms in total. The highest BCUT2D eigenvalue weighted by Crippen LogP contribution is 2.50. The highest BCUT2D eigenvalue weighted by atomic mass is 16.5. The minimum atomic E-state index is -0.427. The van der Waals surface area contributed by atoms with Gasteiger partial charge in [0.15, 0.2) is 0 Å². The van der Waals surface area contributed by atoms with E-state index in [1.807, 2.05) is 12.1 Å². The van der Waals surface area contributed by atoms with Crippen LogP contribution in [-0.4, -0.2) is 17.7 Å². The molecule has 0 spiro atoms. The highest BCUT2D eigenvalue weighted by Gasteiger charge is 2.40. The lowest BCUT2D eigenvalue weighted by Crippen LogP contribution is -2.35. The van der Waals surface area contributed by atoms with Crippen molar-refractivity contribution in [2.45, 2.75) is 39.7 Å². The molecule has 1 saturated carbocycles. The third-order valence-corrected chi connectivity index (χ3v) is 3.84. The summed E-state index contributed by atoms with van der Waals surface area (Å²) in [6.07, 6.45) is 1.67. The first-order valence-corrected chi connectivity index (χ1v) is 6.88. The summed E-state index contributed by atoms with van der Waals surface area (Å²) in [7, 11) is 0. The van der Waals surface area contributed by atoms with Gasteiger partial charge in [-0.15, -0.1) is 0 Å². The maximum Gasteiger partial charge on any atom is 0.338 e. The van der Waals surface area contributed by atoms with E-state index in [0.29, 0.717) is 23.5 Å². The molecular formula is C16H22O3. The molecule has 1 atom stereocenters. The number of ether oxygens (including phenoxy) is 1. The first-order chi connectivity index (χ1) is 8.93. The van der Waals surface area contributed by atoms with Crippen LogP contribution in [0.3, 0.4) is 0 Å². The summed E-state index contributed by atoms with van der Waals surface area (Å²) in [5.41, 5.74) is 1.77. The second-order valence-electron chi connectivity index (χ2n) is 6.12. The van der Waals surface area contributed by atoms with Gasteiger partial charge in [0.05, 0.1) is 18.3 Å². The van der Waals surface area contributed by atoms with Crippen LogP contribution in [0.2, 0.25) is 0 Å². The Morgan fingerprint density at radius 1 is 1.37 bits per heavy atom. The molecule has 0 heterocycles. The Balaban J connectivity index is 2.00. The van der Waals surface area contributed by atoms with Crippen LogP contribution in [0.4, 0.5) is 0 Å². The largest absolute Gasteiger partial charge is 0.462 e. The zero-order valence-corrected chi connectivity index (χ0v) is 11.8. The normalized spacial score (nSPS) is 19.6. The van der Waals surface area contributed by atoms with Crippen molar-refractivity contribution in [2.75, 3.05) is 6.61 Å². The topological polar surface area (TPSA) is 46.5 Å². The zero-order chi connectivity index (χ0) is 14.0. The van der Waals surface area contributed by atoms with E-state index >= 15 is 0 Å². The summed E-state index contributed by atoms with van der Waals surface area (Å²) in [4.78, 5) is 11.5. The number of carbonyl (C=O) groups is 1. The fourth-order valence-corrected chi connectivity index (χ4v) is 2.89. The lowest BCUT2D eigenvalue weighted by molar-refractivity contribution is -0.0147. The molecule has 1 fully saturated rings. The Labute approximate surface area is 114 Å². The van der Waals surface area contributed by atoms with Crippen LogP contribution in [0, 0.1) is 11.3 Å². The number of aliphatic hydroxyl groups excluding tert-OH is 1. The number of hydrogen-bond acceptors (Lipinski definition) is 3. The van der Waals surface area contributed by atoms with E-state index < -0.39 is 6.10 Å². The van der Waals surface area contributed by atoms with Crippen molar-refractivity contribution in [2.24, 2.45) is 11.3 Å². The van der Waals surface area contributed by atoms with Gasteiger partial charge in [-0.3, -0.25) is 0 Å². The molecular weight excluding hydrogens is 240 g/mol. The van der Waals surface area contributed by atoms with Gasteiger partial charge < -0.3 is 9.84 Å². The molecule has 1 aromatic rings. The Bertz CT molecular complexity index is 440. The minimum Gasteiger partial charge on any atom is -0.462 e. The lowest BCUT2D eigenvalue weighted by Gasteiger charge is -2.45. The van der Waals surface area contributed by atoms with Crippen molar-refractivity contribution >= 4 is 5.97 Å². The molecule has 0 radical (unpaired) electrons. The van der Waals surface area contributed by atoms with Crippen molar-refractivity contribution in [3.8, 4) is 0 Å². The molecule has 0 bridgehead atoms. The van der Waals surface area contributed by atoms with E-state index in [4.69, 9.17) is 4.74 Å². The first kappa shape index (κ1) is 14.1. The van der Waals surface area contributed by atoms with E-state index in [2.05, 4.69) is 13.8 Å². The average Bonchev–Trinajstić information content (AvgIpc) is 2.35. The molecule has 104 valence electrons. The Morgan fingerprint density at radius 3 is 2.42 bits per heavy atom. The number of rotatable bonds is 4. The van der Waals surface area contributed by atoms with Crippen molar-refractivity contribution in [3.05, 3.63) is 35.4 Å². The first-order valence-electron chi connectivity index (χ1n) is 6.88. The van der Waals surface area contributed by atoms with Gasteiger partial charge in [-0.2, -0.15) is 0 Å². The van der Waals surface area contributed by atoms with Crippen LogP contribution < -0.4 is 0 Å². The molecule has 2 rings (SSSR count). The molecule has 0 amide bonds. The summed E-state index contributed by atoms with van der Waals surface area (Å²) in [5, 5.41) is 10.3. The quantitative estimate of drug-likeness (QED) is 0.847. The van der Waals surface area contributed by atoms with Crippen LogP contribution in [-0.2, 0) is 4.74 Å². The number of hydrogen-bond donors (Lipinski definition) is 1. The standard InChI is InChI=1S/C16H22O3/c1-4-19-15(18)12-7-5-11(6-8-12)14(17)13-9-16(2,3)10-13/h5-8,13-14,17H,4,9-10H2,1-3H3/t14-/m0/s1. The predicted molar refractivity (Wildman–Crippen MR) is 73.9 cm³/mol. The maximum atomic E-state index is 11.5. The number of carbonyl (C=O) groups excluding carboxylic acids is 1. The van der Waals surface area contributed by atoms with E-state index in [-0.39, 0.29) is 5.97 Å². The molecule has 3 heteroatoms. The third kappa shape index (κ3) is 3.16. The van der Waals surface area contributed by atoms with E-state index in [1.165, 1.54) is 0 Å². The molecule has 0 aromatic heterocycles. The summed E-state index contributed by atoms with van der Waals surface area (Å²) in [5.74, 6) is 0.0248. The molecule has 0 saturated heterocycles. The maximum absolute atomic E-state index is 11.5. The van der Waals surface area contributed by atoms with E-state index in [0.717, 1.165) is 18.4 Å². The summed E-state index contributed by atoms with van der Waals surface area (Å²) < 4.78 is 4.93. The predicted octanol–water partition coefficient (Wildman–Crippen LogP) is 3.33. The summed E-state index contributed by atoms with van der Waals surface area (Å²) in [6.45, 7) is 6.61. The van der Waals surface area contributed by atoms with E-state index in [9.17, 15) is 9.90 Å². The van der Waals surface area contributed by atoms with Gasteiger partial charge in [-0.1, -0.05) is 26.0 Å². The second kappa shape index (κ2) is 5.33. The molecule has 1 aliphatic rings. The monoisotopic (exact) mass is 262 g/mol. The smallest absolute Gasteiger partial charge is 0.338 e. The molecule has 1 N–H and O–H groups in total. The number of benzene rings is 1. The fourth-order valence-electron chi connectivity index (χ4n) is 2.89. The molecule has 0 aliphatic heterocycles. The molecule has 0 unspecified atom stereocenters. The minimum absolute atomic E-state index is 0.312.